The van der Waals surface area contributed by atoms with Crippen molar-refractivity contribution >= 4 is 5.69 Å². The summed E-state index contributed by atoms with van der Waals surface area (Å²) in [6, 6.07) is 5.20. The first kappa shape index (κ1) is 13.8. The van der Waals surface area contributed by atoms with Crippen LogP contribution in [-0.4, -0.2) is 35.0 Å². The van der Waals surface area contributed by atoms with E-state index in [0.29, 0.717) is 18.5 Å². The van der Waals surface area contributed by atoms with Gasteiger partial charge in [-0.15, -0.1) is 0 Å². The molecule has 0 aliphatic carbocycles. The van der Waals surface area contributed by atoms with Gasteiger partial charge in [0.2, 0.25) is 0 Å². The van der Waals surface area contributed by atoms with Crippen LogP contribution in [0.15, 0.2) is 18.2 Å². The van der Waals surface area contributed by atoms with E-state index in [2.05, 4.69) is 0 Å². The topological polar surface area (TPSA) is 63.9 Å². The highest BCUT2D eigenvalue weighted by Crippen LogP contribution is 2.28. The van der Waals surface area contributed by atoms with Gasteiger partial charge in [-0.05, 0) is 26.3 Å². The molecular weight excluding hydrogens is 218 g/mol. The Hall–Kier alpha value is -1.26. The highest BCUT2D eigenvalue weighted by atomic mass is 16.3. The van der Waals surface area contributed by atoms with E-state index < -0.39 is 6.10 Å². The molecule has 0 aromatic heterocycles. The average molecular weight is 239 g/mol. The number of phenols is 1. The number of anilines is 1. The first-order valence-corrected chi connectivity index (χ1v) is 5.82. The maximum absolute atomic E-state index is 9.75. The predicted octanol–water partition coefficient (Wildman–Crippen LogP) is 1.65. The van der Waals surface area contributed by atoms with Crippen LogP contribution in [0.1, 0.15) is 31.9 Å². The second-order valence-corrected chi connectivity index (χ2v) is 4.48. The number of rotatable bonds is 5. The number of hydrogen-bond donors (Lipinski definition) is 3. The van der Waals surface area contributed by atoms with Gasteiger partial charge in [-0.3, -0.25) is 0 Å². The van der Waals surface area contributed by atoms with Crippen LogP contribution in [0.2, 0.25) is 0 Å². The van der Waals surface area contributed by atoms with E-state index in [1.807, 2.05) is 18.0 Å². The molecule has 0 amide bonds. The normalized spacial score (nSPS) is 14.4. The third-order valence-corrected chi connectivity index (χ3v) is 2.79. The molecule has 0 saturated carbocycles. The largest absolute Gasteiger partial charge is 0.507 e. The summed E-state index contributed by atoms with van der Waals surface area (Å²) in [5, 5.41) is 28.4. The summed E-state index contributed by atoms with van der Waals surface area (Å²) in [5.41, 5.74) is 1.39. The van der Waals surface area contributed by atoms with Gasteiger partial charge in [0.1, 0.15) is 5.75 Å². The molecule has 1 aromatic rings. The first-order chi connectivity index (χ1) is 7.91. The van der Waals surface area contributed by atoms with Crippen molar-refractivity contribution in [3.8, 4) is 5.75 Å². The second-order valence-electron chi connectivity index (χ2n) is 4.48. The highest BCUT2D eigenvalue weighted by Gasteiger charge is 2.10. The van der Waals surface area contributed by atoms with Crippen LogP contribution in [0, 0.1) is 0 Å². The fourth-order valence-corrected chi connectivity index (χ4v) is 1.63. The van der Waals surface area contributed by atoms with Crippen molar-refractivity contribution in [2.75, 3.05) is 18.5 Å². The molecule has 17 heavy (non-hydrogen) atoms. The minimum Gasteiger partial charge on any atom is -0.507 e. The summed E-state index contributed by atoms with van der Waals surface area (Å²) < 4.78 is 0. The van der Waals surface area contributed by atoms with E-state index in [4.69, 9.17) is 0 Å². The number of nitrogens with zero attached hydrogens (tertiary/aromatic N) is 1. The van der Waals surface area contributed by atoms with Gasteiger partial charge in [-0.25, -0.2) is 0 Å². The lowest BCUT2D eigenvalue weighted by Crippen LogP contribution is -2.21. The number of phenolic OH excluding ortho intramolecular Hbond substituents is 1. The molecule has 96 valence electrons. The lowest BCUT2D eigenvalue weighted by molar-refractivity contribution is 0.187. The highest BCUT2D eigenvalue weighted by molar-refractivity contribution is 5.53. The number of aliphatic hydroxyl groups excluding tert-OH is 2. The first-order valence-electron chi connectivity index (χ1n) is 5.82. The van der Waals surface area contributed by atoms with Gasteiger partial charge in [0.05, 0.1) is 12.2 Å². The van der Waals surface area contributed by atoms with Gasteiger partial charge in [0, 0.05) is 30.9 Å². The van der Waals surface area contributed by atoms with Crippen molar-refractivity contribution in [1.29, 1.82) is 0 Å². The number of benzene rings is 1. The summed E-state index contributed by atoms with van der Waals surface area (Å²) in [6.07, 6.45) is -0.329. The van der Waals surface area contributed by atoms with Crippen LogP contribution < -0.4 is 4.90 Å². The zero-order chi connectivity index (χ0) is 13.0. The standard InChI is InChI=1S/C13H21NO3/c1-9(15)6-7-14(3)11-4-5-12(10(2)16)13(17)8-11/h4-5,8-10,15-17H,6-7H2,1-3H3. The van der Waals surface area contributed by atoms with Crippen LogP contribution in [0.5, 0.6) is 5.75 Å². The van der Waals surface area contributed by atoms with Gasteiger partial charge < -0.3 is 20.2 Å². The minimum atomic E-state index is -0.674. The van der Waals surface area contributed by atoms with Crippen molar-refractivity contribution in [2.24, 2.45) is 0 Å². The molecule has 1 rings (SSSR count). The maximum atomic E-state index is 9.75. The Morgan fingerprint density at radius 3 is 2.35 bits per heavy atom. The molecular formula is C13H21NO3. The van der Waals surface area contributed by atoms with Crippen molar-refractivity contribution in [1.82, 2.24) is 0 Å². The quantitative estimate of drug-likeness (QED) is 0.731. The molecule has 1 aromatic carbocycles. The Morgan fingerprint density at radius 1 is 1.24 bits per heavy atom. The number of aliphatic hydroxyl groups is 2. The smallest absolute Gasteiger partial charge is 0.123 e. The van der Waals surface area contributed by atoms with Crippen molar-refractivity contribution in [3.63, 3.8) is 0 Å². The van der Waals surface area contributed by atoms with E-state index >= 15 is 0 Å². The Kier molecular flexibility index (Phi) is 4.78. The van der Waals surface area contributed by atoms with E-state index in [-0.39, 0.29) is 11.9 Å². The molecule has 0 saturated heterocycles. The molecule has 2 unspecified atom stereocenters. The Labute approximate surface area is 102 Å². The fraction of sp³-hybridized carbons (Fsp3) is 0.538. The SMILES string of the molecule is CC(O)CCN(C)c1ccc(C(C)O)c(O)c1. The lowest BCUT2D eigenvalue weighted by atomic mass is 10.1. The Morgan fingerprint density at radius 2 is 1.88 bits per heavy atom. The van der Waals surface area contributed by atoms with Crippen molar-refractivity contribution in [3.05, 3.63) is 23.8 Å². The third kappa shape index (κ3) is 3.91. The number of aromatic hydroxyl groups is 1. The summed E-state index contributed by atoms with van der Waals surface area (Å²) in [4.78, 5) is 1.96. The minimum absolute atomic E-state index is 0.0985. The van der Waals surface area contributed by atoms with Crippen LogP contribution in [0.25, 0.3) is 0 Å². The van der Waals surface area contributed by atoms with Crippen LogP contribution in [0.3, 0.4) is 0 Å². The molecule has 0 radical (unpaired) electrons. The summed E-state index contributed by atoms with van der Waals surface area (Å²) in [6.45, 7) is 4.08. The van der Waals surface area contributed by atoms with E-state index in [1.54, 1.807) is 26.0 Å². The summed E-state index contributed by atoms with van der Waals surface area (Å²) in [5.74, 6) is 0.0985. The van der Waals surface area contributed by atoms with Gasteiger partial charge >= 0.3 is 0 Å². The van der Waals surface area contributed by atoms with Gasteiger partial charge in [0.15, 0.2) is 0 Å². The predicted molar refractivity (Wildman–Crippen MR) is 68.3 cm³/mol. The monoisotopic (exact) mass is 239 g/mol. The van der Waals surface area contributed by atoms with E-state index in [0.717, 1.165) is 5.69 Å². The van der Waals surface area contributed by atoms with Gasteiger partial charge in [-0.2, -0.15) is 0 Å². The zero-order valence-electron chi connectivity index (χ0n) is 10.6. The van der Waals surface area contributed by atoms with E-state index in [9.17, 15) is 15.3 Å². The molecule has 4 heteroatoms. The second kappa shape index (κ2) is 5.89. The summed E-state index contributed by atoms with van der Waals surface area (Å²) in [7, 11) is 1.90. The Balaban J connectivity index is 2.75. The van der Waals surface area contributed by atoms with Crippen LogP contribution in [0.4, 0.5) is 5.69 Å². The molecule has 0 aliphatic rings. The van der Waals surface area contributed by atoms with Gasteiger partial charge in [0.25, 0.3) is 0 Å². The molecule has 0 aliphatic heterocycles. The maximum Gasteiger partial charge on any atom is 0.123 e. The molecule has 0 bridgehead atoms. The molecule has 2 atom stereocenters. The third-order valence-electron chi connectivity index (χ3n) is 2.79. The molecule has 0 fully saturated rings. The van der Waals surface area contributed by atoms with Crippen LogP contribution >= 0.6 is 0 Å². The molecule has 3 N–H and O–H groups in total. The summed E-state index contributed by atoms with van der Waals surface area (Å²) >= 11 is 0. The van der Waals surface area contributed by atoms with Crippen molar-refractivity contribution < 1.29 is 15.3 Å². The van der Waals surface area contributed by atoms with Crippen LogP contribution in [-0.2, 0) is 0 Å². The van der Waals surface area contributed by atoms with Crippen molar-refractivity contribution in [2.45, 2.75) is 32.5 Å². The molecule has 0 heterocycles. The van der Waals surface area contributed by atoms with E-state index in [1.165, 1.54) is 0 Å². The van der Waals surface area contributed by atoms with Gasteiger partial charge in [-0.1, -0.05) is 6.07 Å². The number of hydrogen-bond acceptors (Lipinski definition) is 4. The fourth-order valence-electron chi connectivity index (χ4n) is 1.63. The molecule has 4 nitrogen and oxygen atoms in total. The molecule has 0 spiro atoms. The zero-order valence-corrected chi connectivity index (χ0v) is 10.6. The Bertz CT molecular complexity index is 364. The lowest BCUT2D eigenvalue weighted by Gasteiger charge is -2.21. The average Bonchev–Trinajstić information content (AvgIpc) is 2.25.